The maximum Gasteiger partial charge on any atom is 0.243 e. The average molecular weight is 282 g/mol. The van der Waals surface area contributed by atoms with E-state index in [2.05, 4.69) is 0 Å². The highest BCUT2D eigenvalue weighted by atomic mass is 35.5. The van der Waals surface area contributed by atoms with Crippen LogP contribution in [0.2, 0.25) is 0 Å². The summed E-state index contributed by atoms with van der Waals surface area (Å²) in [6.07, 6.45) is 1.85. The molecule has 3 nitrogen and oxygen atoms in total. The Hall–Kier alpha value is -0.100. The first-order valence-corrected chi connectivity index (χ1v) is 7.98. The lowest BCUT2D eigenvalue weighted by atomic mass is 10.3. The van der Waals surface area contributed by atoms with Crippen LogP contribution in [0.4, 0.5) is 0 Å². The van der Waals surface area contributed by atoms with E-state index in [4.69, 9.17) is 11.6 Å². The van der Waals surface area contributed by atoms with E-state index in [1.165, 1.54) is 15.6 Å². The van der Waals surface area contributed by atoms with Gasteiger partial charge < -0.3 is 0 Å². The standard InChI is InChI=1S/C10H16ClNO2S2/c1-3-4-6-12(2)16(13,14)10-5-7-15-9(10)8-11/h5,7H,3-4,6,8H2,1-2H3. The molecule has 0 aliphatic heterocycles. The third-order valence-electron chi connectivity index (χ3n) is 2.34. The zero-order valence-electron chi connectivity index (χ0n) is 9.44. The minimum atomic E-state index is -3.35. The molecule has 0 fully saturated rings. The van der Waals surface area contributed by atoms with Crippen molar-refractivity contribution in [3.63, 3.8) is 0 Å². The monoisotopic (exact) mass is 281 g/mol. The average Bonchev–Trinajstić information content (AvgIpc) is 2.74. The summed E-state index contributed by atoms with van der Waals surface area (Å²) in [5.74, 6) is 0.244. The van der Waals surface area contributed by atoms with Gasteiger partial charge in [0.2, 0.25) is 10.0 Å². The lowest BCUT2D eigenvalue weighted by molar-refractivity contribution is 0.459. The van der Waals surface area contributed by atoms with E-state index >= 15 is 0 Å². The van der Waals surface area contributed by atoms with Crippen LogP contribution < -0.4 is 0 Å². The SMILES string of the molecule is CCCCN(C)S(=O)(=O)c1ccsc1CCl. The van der Waals surface area contributed by atoms with Gasteiger partial charge in [-0.3, -0.25) is 0 Å². The van der Waals surface area contributed by atoms with Crippen molar-refractivity contribution in [1.82, 2.24) is 4.31 Å². The van der Waals surface area contributed by atoms with Crippen LogP contribution in [0.1, 0.15) is 24.6 Å². The van der Waals surface area contributed by atoms with Gasteiger partial charge in [0.1, 0.15) is 0 Å². The van der Waals surface area contributed by atoms with Gasteiger partial charge in [0.15, 0.2) is 0 Å². The largest absolute Gasteiger partial charge is 0.243 e. The topological polar surface area (TPSA) is 37.4 Å². The zero-order valence-corrected chi connectivity index (χ0v) is 11.8. The Morgan fingerprint density at radius 3 is 2.75 bits per heavy atom. The van der Waals surface area contributed by atoms with Crippen molar-refractivity contribution >= 4 is 33.0 Å². The molecule has 0 radical (unpaired) electrons. The molecule has 92 valence electrons. The Bertz CT molecular complexity index is 428. The second kappa shape index (κ2) is 6.00. The second-order valence-electron chi connectivity index (χ2n) is 3.52. The number of nitrogens with zero attached hydrogens (tertiary/aromatic N) is 1. The number of alkyl halides is 1. The molecule has 0 aliphatic carbocycles. The molecule has 0 amide bonds. The molecule has 0 unspecified atom stereocenters. The maximum atomic E-state index is 12.2. The fourth-order valence-electron chi connectivity index (χ4n) is 1.33. The van der Waals surface area contributed by atoms with Crippen LogP contribution in [0.5, 0.6) is 0 Å². The lowest BCUT2D eigenvalue weighted by Crippen LogP contribution is -2.28. The summed E-state index contributed by atoms with van der Waals surface area (Å²) in [5, 5.41) is 1.76. The zero-order chi connectivity index (χ0) is 12.2. The molecular formula is C10H16ClNO2S2. The number of rotatable bonds is 6. The minimum Gasteiger partial charge on any atom is -0.207 e. The highest BCUT2D eigenvalue weighted by molar-refractivity contribution is 7.89. The molecule has 6 heteroatoms. The van der Waals surface area contributed by atoms with Crippen LogP contribution in [0.3, 0.4) is 0 Å². The Kier molecular flexibility index (Phi) is 5.24. The number of hydrogen-bond acceptors (Lipinski definition) is 3. The van der Waals surface area contributed by atoms with Gasteiger partial charge in [-0.2, -0.15) is 0 Å². The van der Waals surface area contributed by atoms with Crippen LogP contribution in [0.25, 0.3) is 0 Å². The summed E-state index contributed by atoms with van der Waals surface area (Å²) in [6.45, 7) is 2.59. The Morgan fingerprint density at radius 2 is 2.19 bits per heavy atom. The molecule has 0 aliphatic rings. The van der Waals surface area contributed by atoms with E-state index in [1.54, 1.807) is 18.5 Å². The van der Waals surface area contributed by atoms with Crippen LogP contribution >= 0.6 is 22.9 Å². The number of thiophene rings is 1. The van der Waals surface area contributed by atoms with Crippen molar-refractivity contribution in [2.24, 2.45) is 0 Å². The van der Waals surface area contributed by atoms with Gasteiger partial charge in [0.05, 0.1) is 10.8 Å². The summed E-state index contributed by atoms with van der Waals surface area (Å²) in [5.41, 5.74) is 0. The number of unbranched alkanes of at least 4 members (excludes halogenated alkanes) is 1. The van der Waals surface area contributed by atoms with Crippen LogP contribution in [-0.2, 0) is 15.9 Å². The summed E-state index contributed by atoms with van der Waals surface area (Å²) in [4.78, 5) is 1.07. The van der Waals surface area contributed by atoms with Gasteiger partial charge in [-0.1, -0.05) is 13.3 Å². The predicted octanol–water partition coefficient (Wildman–Crippen LogP) is 2.91. The van der Waals surface area contributed by atoms with E-state index in [-0.39, 0.29) is 5.88 Å². The summed E-state index contributed by atoms with van der Waals surface area (Å²) in [6, 6.07) is 1.63. The fourth-order valence-corrected chi connectivity index (χ4v) is 4.20. The molecule has 0 spiro atoms. The second-order valence-corrected chi connectivity index (χ2v) is 6.80. The van der Waals surface area contributed by atoms with Crippen LogP contribution in [0.15, 0.2) is 16.3 Å². The molecule has 0 atom stereocenters. The van der Waals surface area contributed by atoms with E-state index in [0.717, 1.165) is 12.8 Å². The molecule has 1 aromatic heterocycles. The maximum absolute atomic E-state index is 12.2. The first-order chi connectivity index (χ1) is 7.54. The van der Waals surface area contributed by atoms with Gasteiger partial charge in [0, 0.05) is 18.5 Å². The van der Waals surface area contributed by atoms with Crippen LogP contribution in [0, 0.1) is 0 Å². The lowest BCUT2D eigenvalue weighted by Gasteiger charge is -2.16. The van der Waals surface area contributed by atoms with Gasteiger partial charge in [0.25, 0.3) is 0 Å². The van der Waals surface area contributed by atoms with E-state index in [0.29, 0.717) is 16.3 Å². The molecular weight excluding hydrogens is 266 g/mol. The number of sulfonamides is 1. The first-order valence-electron chi connectivity index (χ1n) is 5.12. The van der Waals surface area contributed by atoms with Gasteiger partial charge >= 0.3 is 0 Å². The minimum absolute atomic E-state index is 0.244. The quantitative estimate of drug-likeness (QED) is 0.752. The van der Waals surface area contributed by atoms with Gasteiger partial charge in [-0.25, -0.2) is 12.7 Å². The van der Waals surface area contributed by atoms with Crippen molar-refractivity contribution in [3.05, 3.63) is 16.3 Å². The molecule has 1 heterocycles. The Balaban J connectivity index is 2.93. The Morgan fingerprint density at radius 1 is 1.50 bits per heavy atom. The third-order valence-corrected chi connectivity index (χ3v) is 5.76. The number of hydrogen-bond donors (Lipinski definition) is 0. The predicted molar refractivity (Wildman–Crippen MR) is 68.6 cm³/mol. The molecule has 1 aromatic rings. The van der Waals surface area contributed by atoms with Crippen molar-refractivity contribution in [2.75, 3.05) is 13.6 Å². The Labute approximate surface area is 106 Å². The summed E-state index contributed by atoms with van der Waals surface area (Å²) < 4.78 is 25.7. The van der Waals surface area contributed by atoms with Gasteiger partial charge in [-0.15, -0.1) is 22.9 Å². The number of halogens is 1. The van der Waals surface area contributed by atoms with Crippen molar-refractivity contribution < 1.29 is 8.42 Å². The first kappa shape index (κ1) is 14.0. The highest BCUT2D eigenvalue weighted by Crippen LogP contribution is 2.26. The van der Waals surface area contributed by atoms with Gasteiger partial charge in [-0.05, 0) is 17.9 Å². The van der Waals surface area contributed by atoms with E-state index in [9.17, 15) is 8.42 Å². The van der Waals surface area contributed by atoms with Crippen molar-refractivity contribution in [2.45, 2.75) is 30.5 Å². The van der Waals surface area contributed by atoms with Crippen molar-refractivity contribution in [3.8, 4) is 0 Å². The molecule has 0 aromatic carbocycles. The van der Waals surface area contributed by atoms with Crippen molar-refractivity contribution in [1.29, 1.82) is 0 Å². The molecule has 0 saturated carbocycles. The molecule has 0 saturated heterocycles. The summed E-state index contributed by atoms with van der Waals surface area (Å²) >= 11 is 7.10. The van der Waals surface area contributed by atoms with E-state index < -0.39 is 10.0 Å². The highest BCUT2D eigenvalue weighted by Gasteiger charge is 2.23. The third kappa shape index (κ3) is 2.97. The van der Waals surface area contributed by atoms with E-state index in [1.807, 2.05) is 6.92 Å². The molecule has 0 bridgehead atoms. The fraction of sp³-hybridized carbons (Fsp3) is 0.600. The molecule has 1 rings (SSSR count). The van der Waals surface area contributed by atoms with Crippen LogP contribution in [-0.4, -0.2) is 26.3 Å². The molecule has 0 N–H and O–H groups in total. The summed E-state index contributed by atoms with van der Waals surface area (Å²) in [7, 11) is -1.74. The molecule has 16 heavy (non-hydrogen) atoms. The smallest absolute Gasteiger partial charge is 0.207 e. The normalized spacial score (nSPS) is 12.2.